The van der Waals surface area contributed by atoms with Crippen LogP contribution < -0.4 is 5.73 Å². The van der Waals surface area contributed by atoms with Gasteiger partial charge in [-0.3, -0.25) is 0 Å². The standard InChI is InChI=1S/C14H23FN2/c1-11(2)7-8-17(3)10-14(16)12-5-4-6-13(15)9-12/h4-6,9,11,14H,7-8,10,16H2,1-3H3. The van der Waals surface area contributed by atoms with Crippen LogP contribution in [0.5, 0.6) is 0 Å². The molecule has 0 saturated heterocycles. The van der Waals surface area contributed by atoms with E-state index in [9.17, 15) is 4.39 Å². The number of nitrogens with two attached hydrogens (primary N) is 1. The molecule has 1 unspecified atom stereocenters. The zero-order valence-corrected chi connectivity index (χ0v) is 11.0. The van der Waals surface area contributed by atoms with Crippen LogP contribution in [0.1, 0.15) is 31.9 Å². The molecule has 0 aliphatic heterocycles. The van der Waals surface area contributed by atoms with Crippen molar-refractivity contribution in [1.29, 1.82) is 0 Å². The number of rotatable bonds is 6. The van der Waals surface area contributed by atoms with Crippen molar-refractivity contribution in [3.63, 3.8) is 0 Å². The molecular formula is C14H23FN2. The van der Waals surface area contributed by atoms with Gasteiger partial charge in [-0.05, 0) is 43.6 Å². The van der Waals surface area contributed by atoms with Crippen molar-refractivity contribution in [2.75, 3.05) is 20.1 Å². The minimum absolute atomic E-state index is 0.122. The van der Waals surface area contributed by atoms with Gasteiger partial charge in [0.25, 0.3) is 0 Å². The molecule has 2 N–H and O–H groups in total. The molecule has 0 fully saturated rings. The first-order valence-electron chi connectivity index (χ1n) is 6.18. The van der Waals surface area contributed by atoms with E-state index in [1.54, 1.807) is 6.07 Å². The van der Waals surface area contributed by atoms with Gasteiger partial charge in [-0.1, -0.05) is 26.0 Å². The number of halogens is 1. The Bertz CT molecular complexity index is 339. The fraction of sp³-hybridized carbons (Fsp3) is 0.571. The van der Waals surface area contributed by atoms with Gasteiger partial charge in [-0.2, -0.15) is 0 Å². The van der Waals surface area contributed by atoms with Crippen LogP contribution in [0.25, 0.3) is 0 Å². The Morgan fingerprint density at radius 3 is 2.65 bits per heavy atom. The van der Waals surface area contributed by atoms with E-state index in [0.29, 0.717) is 5.92 Å². The van der Waals surface area contributed by atoms with E-state index in [2.05, 4.69) is 25.8 Å². The normalized spacial score (nSPS) is 13.4. The predicted molar refractivity (Wildman–Crippen MR) is 70.3 cm³/mol. The first kappa shape index (κ1) is 14.1. The molecule has 17 heavy (non-hydrogen) atoms. The molecule has 2 nitrogen and oxygen atoms in total. The summed E-state index contributed by atoms with van der Waals surface area (Å²) in [4.78, 5) is 2.20. The van der Waals surface area contributed by atoms with Gasteiger partial charge in [0.15, 0.2) is 0 Å². The molecule has 1 aromatic carbocycles. The molecule has 1 rings (SSSR count). The maximum absolute atomic E-state index is 13.0. The van der Waals surface area contributed by atoms with Gasteiger partial charge in [0.2, 0.25) is 0 Å². The highest BCUT2D eigenvalue weighted by molar-refractivity contribution is 5.20. The number of hydrogen-bond donors (Lipinski definition) is 1. The van der Waals surface area contributed by atoms with Crippen molar-refractivity contribution in [2.45, 2.75) is 26.3 Å². The van der Waals surface area contributed by atoms with E-state index in [0.717, 1.165) is 25.1 Å². The fourth-order valence-corrected chi connectivity index (χ4v) is 1.75. The lowest BCUT2D eigenvalue weighted by Gasteiger charge is -2.22. The minimum atomic E-state index is -0.220. The van der Waals surface area contributed by atoms with Crippen molar-refractivity contribution in [1.82, 2.24) is 4.90 Å². The lowest BCUT2D eigenvalue weighted by Crippen LogP contribution is -2.30. The zero-order chi connectivity index (χ0) is 12.8. The number of hydrogen-bond acceptors (Lipinski definition) is 2. The topological polar surface area (TPSA) is 29.3 Å². The lowest BCUT2D eigenvalue weighted by atomic mass is 10.1. The summed E-state index contributed by atoms with van der Waals surface area (Å²) in [6.45, 7) is 6.21. The third-order valence-electron chi connectivity index (χ3n) is 2.87. The molecule has 96 valence electrons. The summed E-state index contributed by atoms with van der Waals surface area (Å²) in [5.41, 5.74) is 6.93. The molecule has 0 bridgehead atoms. The third kappa shape index (κ3) is 5.29. The summed E-state index contributed by atoms with van der Waals surface area (Å²) < 4.78 is 13.0. The minimum Gasteiger partial charge on any atom is -0.323 e. The molecule has 0 radical (unpaired) electrons. The molecule has 0 spiro atoms. The van der Waals surface area contributed by atoms with E-state index < -0.39 is 0 Å². The Hall–Kier alpha value is -0.930. The monoisotopic (exact) mass is 238 g/mol. The van der Waals surface area contributed by atoms with Crippen molar-refractivity contribution >= 4 is 0 Å². The summed E-state index contributed by atoms with van der Waals surface area (Å²) in [6, 6.07) is 6.42. The SMILES string of the molecule is CC(C)CCN(C)CC(N)c1cccc(F)c1. The maximum atomic E-state index is 13.0. The fourth-order valence-electron chi connectivity index (χ4n) is 1.75. The van der Waals surface area contributed by atoms with Crippen LogP contribution in [0, 0.1) is 11.7 Å². The molecule has 3 heteroatoms. The highest BCUT2D eigenvalue weighted by atomic mass is 19.1. The summed E-state index contributed by atoms with van der Waals surface area (Å²) in [5, 5.41) is 0. The largest absolute Gasteiger partial charge is 0.323 e. The van der Waals surface area contributed by atoms with Crippen molar-refractivity contribution < 1.29 is 4.39 Å². The van der Waals surface area contributed by atoms with E-state index in [1.807, 2.05) is 6.07 Å². The Kier molecular flexibility index (Phi) is 5.59. The Balaban J connectivity index is 2.45. The van der Waals surface area contributed by atoms with Crippen LogP contribution in [0.15, 0.2) is 24.3 Å². The predicted octanol–water partition coefficient (Wildman–Crippen LogP) is 2.80. The average molecular weight is 238 g/mol. The van der Waals surface area contributed by atoms with Crippen molar-refractivity contribution in [2.24, 2.45) is 11.7 Å². The van der Waals surface area contributed by atoms with E-state index in [4.69, 9.17) is 5.73 Å². The number of nitrogens with zero attached hydrogens (tertiary/aromatic N) is 1. The Morgan fingerprint density at radius 2 is 2.06 bits per heavy atom. The molecule has 0 heterocycles. The molecule has 0 amide bonds. The molecule has 1 atom stereocenters. The molecule has 0 aliphatic rings. The Morgan fingerprint density at radius 1 is 1.35 bits per heavy atom. The van der Waals surface area contributed by atoms with Crippen LogP contribution in [-0.2, 0) is 0 Å². The van der Waals surface area contributed by atoms with Crippen LogP contribution in [0.4, 0.5) is 4.39 Å². The highest BCUT2D eigenvalue weighted by Gasteiger charge is 2.10. The highest BCUT2D eigenvalue weighted by Crippen LogP contribution is 2.13. The summed E-state index contributed by atoms with van der Waals surface area (Å²) in [6.07, 6.45) is 1.16. The van der Waals surface area contributed by atoms with Crippen molar-refractivity contribution in [3.8, 4) is 0 Å². The van der Waals surface area contributed by atoms with Gasteiger partial charge in [0.1, 0.15) is 5.82 Å². The van der Waals surface area contributed by atoms with Gasteiger partial charge < -0.3 is 10.6 Å². The average Bonchev–Trinajstić information content (AvgIpc) is 2.26. The third-order valence-corrected chi connectivity index (χ3v) is 2.87. The van der Waals surface area contributed by atoms with Crippen LogP contribution in [0.3, 0.4) is 0 Å². The lowest BCUT2D eigenvalue weighted by molar-refractivity contribution is 0.292. The van der Waals surface area contributed by atoms with E-state index >= 15 is 0 Å². The van der Waals surface area contributed by atoms with Gasteiger partial charge in [0.05, 0.1) is 0 Å². The summed E-state index contributed by atoms with van der Waals surface area (Å²) in [5.74, 6) is 0.477. The van der Waals surface area contributed by atoms with Crippen molar-refractivity contribution in [3.05, 3.63) is 35.6 Å². The van der Waals surface area contributed by atoms with Crippen LogP contribution >= 0.6 is 0 Å². The van der Waals surface area contributed by atoms with E-state index in [1.165, 1.54) is 12.1 Å². The summed E-state index contributed by atoms with van der Waals surface area (Å²) in [7, 11) is 2.06. The summed E-state index contributed by atoms with van der Waals surface area (Å²) >= 11 is 0. The Labute approximate surface area is 104 Å². The molecule has 0 aromatic heterocycles. The second-order valence-electron chi connectivity index (χ2n) is 5.11. The first-order valence-corrected chi connectivity index (χ1v) is 6.18. The second-order valence-corrected chi connectivity index (χ2v) is 5.11. The van der Waals surface area contributed by atoms with E-state index in [-0.39, 0.29) is 11.9 Å². The van der Waals surface area contributed by atoms with Gasteiger partial charge in [-0.25, -0.2) is 4.39 Å². The smallest absolute Gasteiger partial charge is 0.123 e. The number of likely N-dealkylation sites (N-methyl/N-ethyl adjacent to an activating group) is 1. The molecular weight excluding hydrogens is 215 g/mol. The van der Waals surface area contributed by atoms with Gasteiger partial charge in [0, 0.05) is 12.6 Å². The molecule has 0 aliphatic carbocycles. The molecule has 1 aromatic rings. The van der Waals surface area contributed by atoms with Gasteiger partial charge >= 0.3 is 0 Å². The second kappa shape index (κ2) is 6.72. The van der Waals surface area contributed by atoms with Gasteiger partial charge in [-0.15, -0.1) is 0 Å². The zero-order valence-electron chi connectivity index (χ0n) is 11.0. The number of benzene rings is 1. The quantitative estimate of drug-likeness (QED) is 0.825. The van der Waals surface area contributed by atoms with Crippen LogP contribution in [-0.4, -0.2) is 25.0 Å². The maximum Gasteiger partial charge on any atom is 0.123 e. The first-order chi connectivity index (χ1) is 7.99. The van der Waals surface area contributed by atoms with Crippen LogP contribution in [0.2, 0.25) is 0 Å². The molecule has 0 saturated carbocycles.